The summed E-state index contributed by atoms with van der Waals surface area (Å²) < 4.78 is 64.6. The normalized spacial score (nSPS) is 15.9. The van der Waals surface area contributed by atoms with Crippen LogP contribution >= 0.6 is 0 Å². The Morgan fingerprint density at radius 3 is 1.94 bits per heavy atom. The molecule has 92 valence electrons. The summed E-state index contributed by atoms with van der Waals surface area (Å²) in [5, 5.41) is 0. The molecule has 2 rings (SSSR count). The second-order valence-electron chi connectivity index (χ2n) is 2.83. The number of aromatic amines is 1. The molecule has 0 atom stereocenters. The predicted octanol–water partition coefficient (Wildman–Crippen LogP) is 3.39. The molecule has 2 nitrogen and oxygen atoms in total. The number of aromatic nitrogens is 1. The third-order valence-electron chi connectivity index (χ3n) is 1.29. The van der Waals surface area contributed by atoms with Gasteiger partial charge in [0.05, 0.1) is 0 Å². The van der Waals surface area contributed by atoms with Crippen molar-refractivity contribution in [2.45, 2.75) is 0 Å². The number of hydrogen-bond acceptors (Lipinski definition) is 1. The SMILES string of the molecule is [F][Sb-]([F])([F])([F])([F])[F].c1ccc2oc[nH+]c2c1. The van der Waals surface area contributed by atoms with Crippen LogP contribution in [-0.2, 0) is 0 Å². The summed E-state index contributed by atoms with van der Waals surface area (Å²) in [6.45, 7) is 0. The summed E-state index contributed by atoms with van der Waals surface area (Å²) in [5.74, 6) is 0. The maximum absolute atomic E-state index is 11.2. The van der Waals surface area contributed by atoms with Crippen molar-refractivity contribution in [1.29, 1.82) is 0 Å². The van der Waals surface area contributed by atoms with Crippen molar-refractivity contribution in [1.82, 2.24) is 0 Å². The van der Waals surface area contributed by atoms with E-state index in [4.69, 9.17) is 4.42 Å². The van der Waals surface area contributed by atoms with Crippen molar-refractivity contribution >= 4 is 30.6 Å². The topological polar surface area (TPSA) is 27.3 Å². The van der Waals surface area contributed by atoms with Crippen LogP contribution in [0.15, 0.2) is 35.1 Å². The van der Waals surface area contributed by atoms with Gasteiger partial charge in [0.2, 0.25) is 11.1 Å². The van der Waals surface area contributed by atoms with E-state index in [1.54, 1.807) is 6.39 Å². The summed E-state index contributed by atoms with van der Waals surface area (Å²) in [7, 11) is 0. The van der Waals surface area contributed by atoms with Gasteiger partial charge >= 0.3 is 42.7 Å². The fourth-order valence-corrected chi connectivity index (χ4v) is 0.845. The second-order valence-corrected chi connectivity index (χ2v) is 8.30. The smallest absolute Gasteiger partial charge is 0.333 e. The van der Waals surface area contributed by atoms with E-state index >= 15 is 0 Å². The molecule has 1 aromatic heterocycles. The van der Waals surface area contributed by atoms with Gasteiger partial charge in [-0.05, 0) is 6.07 Å². The van der Waals surface area contributed by atoms with Gasteiger partial charge in [0, 0.05) is 6.07 Å². The van der Waals surface area contributed by atoms with Gasteiger partial charge in [0.25, 0.3) is 0 Å². The molecule has 0 radical (unpaired) electrons. The predicted molar refractivity (Wildman–Crippen MR) is 45.2 cm³/mol. The fraction of sp³-hybridized carbons (Fsp3) is 0. The van der Waals surface area contributed by atoms with E-state index in [9.17, 15) is 16.9 Å². The van der Waals surface area contributed by atoms with Gasteiger partial charge in [-0.1, -0.05) is 12.1 Å². The van der Waals surface area contributed by atoms with Crippen LogP contribution in [0.4, 0.5) is 16.9 Å². The molecular formula is C7H6F6NOSb. The fourth-order valence-electron chi connectivity index (χ4n) is 0.845. The van der Waals surface area contributed by atoms with Crippen LogP contribution in [0, 0.1) is 0 Å². The summed E-state index contributed by atoms with van der Waals surface area (Å²) in [5.41, 5.74) is 1.94. The molecule has 0 amide bonds. The first-order valence-electron chi connectivity index (χ1n) is 3.82. The van der Waals surface area contributed by atoms with Crippen LogP contribution in [0.5, 0.6) is 0 Å². The van der Waals surface area contributed by atoms with Gasteiger partial charge in [-0.15, -0.1) is 0 Å². The Balaban J connectivity index is 0.000000168. The van der Waals surface area contributed by atoms with E-state index in [1.165, 1.54) is 0 Å². The Hall–Kier alpha value is -0.912. The molecule has 0 bridgehead atoms. The minimum Gasteiger partial charge on any atom is -0.404 e. The molecular weight excluding hydrogens is 350 g/mol. The van der Waals surface area contributed by atoms with E-state index in [2.05, 4.69) is 4.98 Å². The zero-order valence-corrected chi connectivity index (χ0v) is 10.1. The molecule has 0 aliphatic carbocycles. The Kier molecular flexibility index (Phi) is 2.70. The van der Waals surface area contributed by atoms with Gasteiger partial charge in [-0.2, -0.15) is 4.98 Å². The van der Waals surface area contributed by atoms with Crippen LogP contribution in [0.3, 0.4) is 0 Å². The minimum absolute atomic E-state index is 0.900. The van der Waals surface area contributed by atoms with Gasteiger partial charge < -0.3 is 4.42 Å². The van der Waals surface area contributed by atoms with Crippen LogP contribution in [0.2, 0.25) is 0 Å². The van der Waals surface area contributed by atoms with Gasteiger partial charge in [-0.25, -0.2) is 0 Å². The number of fused-ring (bicyclic) bond motifs is 1. The number of rotatable bonds is 0. The van der Waals surface area contributed by atoms with Crippen LogP contribution in [-0.4, -0.2) is 19.5 Å². The maximum atomic E-state index is 9.93. The van der Waals surface area contributed by atoms with Crippen LogP contribution in [0.25, 0.3) is 11.1 Å². The van der Waals surface area contributed by atoms with Gasteiger partial charge in [-0.3, -0.25) is 0 Å². The summed E-state index contributed by atoms with van der Waals surface area (Å²) in [4.78, 5) is 2.95. The third kappa shape index (κ3) is 7.39. The zero-order valence-electron chi connectivity index (χ0n) is 7.51. The first kappa shape index (κ1) is 13.2. The molecule has 9 heteroatoms. The molecule has 0 spiro atoms. The van der Waals surface area contributed by atoms with E-state index in [-0.39, 0.29) is 0 Å². The number of halogens is 6. The Morgan fingerprint density at radius 1 is 0.938 bits per heavy atom. The van der Waals surface area contributed by atoms with Crippen molar-refractivity contribution < 1.29 is 26.3 Å². The average Bonchev–Trinajstić information content (AvgIpc) is 2.44. The van der Waals surface area contributed by atoms with Crippen molar-refractivity contribution in [3.05, 3.63) is 30.7 Å². The van der Waals surface area contributed by atoms with Crippen molar-refractivity contribution in [2.75, 3.05) is 0 Å². The second kappa shape index (κ2) is 3.29. The van der Waals surface area contributed by atoms with Crippen molar-refractivity contribution in [2.24, 2.45) is 0 Å². The molecule has 0 unspecified atom stereocenters. The molecule has 1 heterocycles. The van der Waals surface area contributed by atoms with Crippen molar-refractivity contribution in [3.8, 4) is 0 Å². The minimum atomic E-state index is -11.2. The number of hydrogen-bond donors (Lipinski definition) is 0. The van der Waals surface area contributed by atoms with Crippen LogP contribution in [0.1, 0.15) is 0 Å². The number of oxazole rings is 1. The molecule has 0 fully saturated rings. The zero-order chi connectivity index (χ0) is 12.5. The molecule has 0 aliphatic heterocycles. The number of para-hydroxylation sites is 2. The Bertz CT molecular complexity index is 447. The van der Waals surface area contributed by atoms with Gasteiger partial charge in [0.15, 0.2) is 0 Å². The Labute approximate surface area is 87.8 Å². The largest absolute Gasteiger partial charge is 0.404 e. The summed E-state index contributed by atoms with van der Waals surface area (Å²) in [6, 6.07) is 7.80. The molecule has 16 heavy (non-hydrogen) atoms. The summed E-state index contributed by atoms with van der Waals surface area (Å²) in [6.07, 6.45) is 1.57. The molecule has 0 saturated heterocycles. The quantitative estimate of drug-likeness (QED) is 0.525. The van der Waals surface area contributed by atoms with E-state index < -0.39 is 19.5 Å². The van der Waals surface area contributed by atoms with E-state index in [0.717, 1.165) is 11.1 Å². The molecule has 1 aromatic carbocycles. The summed E-state index contributed by atoms with van der Waals surface area (Å²) >= 11 is -11.2. The van der Waals surface area contributed by atoms with Gasteiger partial charge in [0.1, 0.15) is 0 Å². The van der Waals surface area contributed by atoms with Crippen LogP contribution < -0.4 is 4.98 Å². The number of benzene rings is 1. The first-order valence-corrected chi connectivity index (χ1v) is 9.61. The van der Waals surface area contributed by atoms with E-state index in [0.29, 0.717) is 0 Å². The Morgan fingerprint density at radius 2 is 1.44 bits per heavy atom. The molecule has 0 saturated carbocycles. The van der Waals surface area contributed by atoms with E-state index in [1.807, 2.05) is 24.3 Å². The monoisotopic (exact) mass is 355 g/mol. The standard InChI is InChI=1S/C7H5NO.6FH.Sb/c1-2-4-7-6(3-1)8-5-9-7;;;;;;;/h1-5H;6*1H;/q;;;;;;;+5/p-5. The van der Waals surface area contributed by atoms with Crippen molar-refractivity contribution in [3.63, 3.8) is 0 Å². The number of H-pyrrole nitrogens is 1. The first-order chi connectivity index (χ1) is 6.92. The molecule has 0 aliphatic rings. The maximum Gasteiger partial charge on any atom is 0.333 e. The third-order valence-corrected chi connectivity index (χ3v) is 1.29. The molecule has 1 N–H and O–H groups in total. The molecule has 2 aromatic rings. The number of nitrogens with one attached hydrogen (secondary N) is 1. The average molecular weight is 356 g/mol.